The zero-order valence-electron chi connectivity index (χ0n) is 52.7. The van der Waals surface area contributed by atoms with Gasteiger partial charge in [0.15, 0.2) is 17.5 Å². The van der Waals surface area contributed by atoms with E-state index in [2.05, 4.69) is 354 Å². The van der Waals surface area contributed by atoms with Crippen LogP contribution in [0.15, 0.2) is 322 Å². The van der Waals surface area contributed by atoms with Gasteiger partial charge >= 0.3 is 0 Å². The average Bonchev–Trinajstić information content (AvgIpc) is 1.57. The van der Waals surface area contributed by atoms with Gasteiger partial charge in [-0.3, -0.25) is 0 Å². The second kappa shape index (κ2) is 22.0. The summed E-state index contributed by atoms with van der Waals surface area (Å²) < 4.78 is 9.67. The summed E-state index contributed by atoms with van der Waals surface area (Å²) in [6.07, 6.45) is 0. The molecule has 450 valence electrons. The predicted molar refractivity (Wildman–Crippen MR) is 399 cm³/mol. The maximum absolute atomic E-state index is 5.56. The number of fused-ring (bicyclic) bond motifs is 12. The number of rotatable bonds is 10. The molecule has 5 heterocycles. The molecule has 0 aliphatic carbocycles. The smallest absolute Gasteiger partial charge is 0.164 e. The van der Waals surface area contributed by atoms with Gasteiger partial charge in [0.2, 0.25) is 0 Å². The van der Waals surface area contributed by atoms with Crippen LogP contribution in [-0.2, 0) is 0 Å². The third kappa shape index (κ3) is 8.71. The summed E-state index contributed by atoms with van der Waals surface area (Å²) >= 11 is 0. The molecular formula is C89H59N7. The van der Waals surface area contributed by atoms with E-state index in [-0.39, 0.29) is 0 Å². The van der Waals surface area contributed by atoms with Crippen molar-refractivity contribution in [2.45, 2.75) is 13.8 Å². The van der Waals surface area contributed by atoms with Crippen LogP contribution in [0.2, 0.25) is 0 Å². The van der Waals surface area contributed by atoms with Crippen LogP contribution in [0.3, 0.4) is 0 Å². The van der Waals surface area contributed by atoms with Crippen LogP contribution in [0.4, 0.5) is 0 Å². The van der Waals surface area contributed by atoms with Crippen molar-refractivity contribution >= 4 is 87.2 Å². The van der Waals surface area contributed by atoms with Crippen LogP contribution >= 0.6 is 0 Å². The van der Waals surface area contributed by atoms with Gasteiger partial charge in [-0.25, -0.2) is 15.0 Å². The minimum atomic E-state index is 0.585. The van der Waals surface area contributed by atoms with Gasteiger partial charge in [0.25, 0.3) is 0 Å². The van der Waals surface area contributed by atoms with Crippen LogP contribution < -0.4 is 0 Å². The Kier molecular flexibility index (Phi) is 12.6. The highest BCUT2D eigenvalue weighted by Crippen LogP contribution is 2.46. The SMILES string of the molecule is Cc1ccc(-c2nc(-c3cccc(-c4ccccc4)c3)nc(-c3ccc(C)c(-c4cccc5c4c4cc(-n6c7ccccc7c7ccccc76)ccc4n5-c4ccccc4)c3)n2)cc1-c1cccc2c1c1cc(-n3c4ccccc4c4ccccc43)ccc1n2-c1ccccc1. The first-order valence-corrected chi connectivity index (χ1v) is 32.8. The van der Waals surface area contributed by atoms with Crippen molar-refractivity contribution in [1.29, 1.82) is 0 Å². The Bertz CT molecular complexity index is 5900. The van der Waals surface area contributed by atoms with E-state index >= 15 is 0 Å². The first kappa shape index (κ1) is 55.0. The summed E-state index contributed by atoms with van der Waals surface area (Å²) in [7, 11) is 0. The normalized spacial score (nSPS) is 11.9. The molecule has 7 nitrogen and oxygen atoms in total. The van der Waals surface area contributed by atoms with Gasteiger partial charge in [0.1, 0.15) is 0 Å². The fourth-order valence-electron chi connectivity index (χ4n) is 15.3. The molecule has 5 aromatic heterocycles. The van der Waals surface area contributed by atoms with Crippen molar-refractivity contribution in [2.75, 3.05) is 0 Å². The molecule has 0 spiro atoms. The predicted octanol–water partition coefficient (Wildman–Crippen LogP) is 22.9. The second-order valence-electron chi connectivity index (χ2n) is 25.2. The highest BCUT2D eigenvalue weighted by Gasteiger charge is 2.24. The minimum Gasteiger partial charge on any atom is -0.309 e. The van der Waals surface area contributed by atoms with Crippen molar-refractivity contribution in [3.63, 3.8) is 0 Å². The summed E-state index contributed by atoms with van der Waals surface area (Å²) in [5.74, 6) is 1.76. The quantitative estimate of drug-likeness (QED) is 0.137. The van der Waals surface area contributed by atoms with E-state index in [1.165, 1.54) is 54.4 Å². The highest BCUT2D eigenvalue weighted by molar-refractivity contribution is 6.19. The Morgan fingerprint density at radius 2 is 0.521 bits per heavy atom. The molecule has 0 radical (unpaired) electrons. The number of hydrogen-bond acceptors (Lipinski definition) is 3. The largest absolute Gasteiger partial charge is 0.309 e. The fourth-order valence-corrected chi connectivity index (χ4v) is 15.3. The molecule has 19 aromatic rings. The lowest BCUT2D eigenvalue weighted by atomic mass is 9.93. The number of nitrogens with zero attached hydrogens (tertiary/aromatic N) is 7. The van der Waals surface area contributed by atoms with Crippen molar-refractivity contribution < 1.29 is 0 Å². The van der Waals surface area contributed by atoms with Gasteiger partial charge in [-0.2, -0.15) is 0 Å². The summed E-state index contributed by atoms with van der Waals surface area (Å²) in [6.45, 7) is 4.43. The van der Waals surface area contributed by atoms with Gasteiger partial charge in [-0.15, -0.1) is 0 Å². The van der Waals surface area contributed by atoms with E-state index < -0.39 is 0 Å². The molecule has 0 aliphatic heterocycles. The second-order valence-corrected chi connectivity index (χ2v) is 25.2. The van der Waals surface area contributed by atoms with Crippen LogP contribution in [-0.4, -0.2) is 33.2 Å². The number of hydrogen-bond donors (Lipinski definition) is 0. The van der Waals surface area contributed by atoms with E-state index in [9.17, 15) is 0 Å². The molecule has 0 atom stereocenters. The molecule has 0 N–H and O–H groups in total. The summed E-state index contributed by atoms with van der Waals surface area (Å²) in [5, 5.41) is 9.60. The Labute approximate surface area is 554 Å². The lowest BCUT2D eigenvalue weighted by Crippen LogP contribution is -2.01. The van der Waals surface area contributed by atoms with Crippen molar-refractivity contribution in [2.24, 2.45) is 0 Å². The van der Waals surface area contributed by atoms with Crippen LogP contribution in [0.5, 0.6) is 0 Å². The lowest BCUT2D eigenvalue weighted by molar-refractivity contribution is 1.07. The van der Waals surface area contributed by atoms with Crippen molar-refractivity contribution in [1.82, 2.24) is 33.2 Å². The molecule has 0 unspecified atom stereocenters. The minimum absolute atomic E-state index is 0.585. The number of benzene rings is 14. The molecule has 0 bridgehead atoms. The average molecular weight is 1230 g/mol. The molecule has 19 rings (SSSR count). The molecule has 0 saturated carbocycles. The molecule has 96 heavy (non-hydrogen) atoms. The van der Waals surface area contributed by atoms with E-state index in [0.717, 1.165) is 117 Å². The van der Waals surface area contributed by atoms with Crippen LogP contribution in [0, 0.1) is 13.8 Å². The first-order chi connectivity index (χ1) is 47.5. The van der Waals surface area contributed by atoms with Crippen molar-refractivity contribution in [3.8, 4) is 90.3 Å². The van der Waals surface area contributed by atoms with E-state index in [4.69, 9.17) is 15.0 Å². The Morgan fingerprint density at radius 3 is 0.948 bits per heavy atom. The molecule has 0 amide bonds. The maximum atomic E-state index is 5.56. The maximum Gasteiger partial charge on any atom is 0.164 e. The van der Waals surface area contributed by atoms with Gasteiger partial charge in [0, 0.05) is 82.5 Å². The van der Waals surface area contributed by atoms with Crippen molar-refractivity contribution in [3.05, 3.63) is 333 Å². The topological polar surface area (TPSA) is 58.4 Å². The molecular weight excluding hydrogens is 1170 g/mol. The Morgan fingerprint density at radius 1 is 0.198 bits per heavy atom. The zero-order chi connectivity index (χ0) is 63.5. The monoisotopic (exact) mass is 1230 g/mol. The Hall–Kier alpha value is -12.7. The number of para-hydroxylation sites is 6. The molecule has 0 aliphatic rings. The van der Waals surface area contributed by atoms with Gasteiger partial charge < -0.3 is 18.3 Å². The van der Waals surface area contributed by atoms with E-state index in [0.29, 0.717) is 17.5 Å². The number of aromatic nitrogens is 7. The number of aryl methyl sites for hydroxylation is 2. The van der Waals surface area contributed by atoms with Gasteiger partial charge in [0.05, 0.1) is 44.1 Å². The molecule has 14 aromatic carbocycles. The molecule has 0 fully saturated rings. The standard InChI is InChI=1S/C89H59N7/c1-56-43-45-61(52-73(56)71-35-21-41-83-85(71)75-54-65(47-49-81(75)93(83)63-27-8-4-9-28-63)95-77-37-16-12-31-67(77)68-32-13-17-38-78(68)95)88-90-87(60-26-20-25-59(51-60)58-23-6-3-7-24-58)91-89(92-88)62-46-44-57(2)74(53-62)72-36-22-42-84-86(72)76-55-66(48-50-82(76)94(84)64-29-10-5-11-30-64)96-79-39-18-14-33-69(79)70-34-15-19-40-80(70)96/h3-55H,1-2H3. The third-order valence-electron chi connectivity index (χ3n) is 19.7. The van der Waals surface area contributed by atoms with Gasteiger partial charge in [-0.05, 0) is 174 Å². The third-order valence-corrected chi connectivity index (χ3v) is 19.7. The molecule has 7 heteroatoms. The van der Waals surface area contributed by atoms with Crippen LogP contribution in [0.1, 0.15) is 11.1 Å². The molecule has 0 saturated heterocycles. The first-order valence-electron chi connectivity index (χ1n) is 32.8. The summed E-state index contributed by atoms with van der Waals surface area (Å²) in [5.41, 5.74) is 25.2. The lowest BCUT2D eigenvalue weighted by Gasteiger charge is -2.14. The Balaban J connectivity index is 0.805. The zero-order valence-corrected chi connectivity index (χ0v) is 52.7. The van der Waals surface area contributed by atoms with Crippen LogP contribution in [0.25, 0.3) is 178 Å². The highest BCUT2D eigenvalue weighted by atomic mass is 15.0. The van der Waals surface area contributed by atoms with E-state index in [1.807, 2.05) is 0 Å². The fraction of sp³-hybridized carbons (Fsp3) is 0.0225. The van der Waals surface area contributed by atoms with Gasteiger partial charge in [-0.1, -0.05) is 206 Å². The summed E-state index contributed by atoms with van der Waals surface area (Å²) in [6, 6.07) is 116. The summed E-state index contributed by atoms with van der Waals surface area (Å²) in [4.78, 5) is 16.5. The van der Waals surface area contributed by atoms with E-state index in [1.54, 1.807) is 0 Å².